The summed E-state index contributed by atoms with van der Waals surface area (Å²) in [6.07, 6.45) is 3.28. The highest BCUT2D eigenvalue weighted by Gasteiger charge is 2.15. The smallest absolute Gasteiger partial charge is 0.412 e. The van der Waals surface area contributed by atoms with Crippen LogP contribution in [0.2, 0.25) is 0 Å². The quantitative estimate of drug-likeness (QED) is 0.866. The molecule has 130 valence electrons. The van der Waals surface area contributed by atoms with Gasteiger partial charge in [-0.2, -0.15) is 5.26 Å². The van der Waals surface area contributed by atoms with Gasteiger partial charge in [0, 0.05) is 12.2 Å². The van der Waals surface area contributed by atoms with Crippen molar-refractivity contribution < 1.29 is 9.53 Å². The highest BCUT2D eigenvalue weighted by molar-refractivity contribution is 5.84. The highest BCUT2D eigenvalue weighted by atomic mass is 16.6. The van der Waals surface area contributed by atoms with Crippen molar-refractivity contribution >= 4 is 17.6 Å². The van der Waals surface area contributed by atoms with Crippen LogP contribution in [0.25, 0.3) is 0 Å². The summed E-state index contributed by atoms with van der Waals surface area (Å²) in [6.45, 7) is 6.14. The predicted octanol–water partition coefficient (Wildman–Crippen LogP) is 3.35. The number of hydrogen-bond donors (Lipinski definition) is 2. The zero-order valence-corrected chi connectivity index (χ0v) is 14.5. The molecule has 0 saturated heterocycles. The minimum Gasteiger partial charge on any atom is -0.444 e. The van der Waals surface area contributed by atoms with Gasteiger partial charge in [0.05, 0.1) is 12.4 Å². The number of carbonyl (C=O) groups excluding carboxylic acids is 1. The molecule has 7 heteroatoms. The van der Waals surface area contributed by atoms with Crippen LogP contribution in [0.4, 0.5) is 16.3 Å². The van der Waals surface area contributed by atoms with Crippen LogP contribution in [0.3, 0.4) is 0 Å². The third-order valence-electron chi connectivity index (χ3n) is 3.09. The van der Waals surface area contributed by atoms with Crippen LogP contribution < -0.4 is 10.6 Å². The lowest BCUT2D eigenvalue weighted by molar-refractivity contribution is 0.0636. The summed E-state index contributed by atoms with van der Waals surface area (Å²) in [5, 5.41) is 14.5. The molecule has 0 aliphatic heterocycles. The number of carbonyl (C=O) groups is 1. The van der Waals surface area contributed by atoms with Crippen LogP contribution in [0, 0.1) is 11.3 Å². The van der Waals surface area contributed by atoms with Gasteiger partial charge in [-0.25, -0.2) is 14.8 Å². The third-order valence-corrected chi connectivity index (χ3v) is 3.09. The number of anilines is 2. The number of nitrogens with one attached hydrogen (secondary N) is 2. The number of benzene rings is 1. The molecule has 0 aliphatic rings. The second kappa shape index (κ2) is 8.11. The Morgan fingerprint density at radius 3 is 2.48 bits per heavy atom. The molecule has 0 saturated carbocycles. The molecule has 25 heavy (non-hydrogen) atoms. The molecule has 7 nitrogen and oxygen atoms in total. The Bertz CT molecular complexity index is 743. The van der Waals surface area contributed by atoms with E-state index in [1.165, 1.54) is 12.4 Å². The first kappa shape index (κ1) is 18.2. The van der Waals surface area contributed by atoms with E-state index in [0.29, 0.717) is 23.7 Å². The molecule has 1 aromatic heterocycles. The Hall–Kier alpha value is -3.14. The van der Waals surface area contributed by atoms with E-state index in [-0.39, 0.29) is 0 Å². The van der Waals surface area contributed by atoms with Gasteiger partial charge in [0.2, 0.25) is 0 Å². The molecular weight excluding hydrogens is 318 g/mol. The van der Waals surface area contributed by atoms with Crippen molar-refractivity contribution in [3.63, 3.8) is 0 Å². The van der Waals surface area contributed by atoms with Crippen molar-refractivity contribution in [3.05, 3.63) is 47.9 Å². The average Bonchev–Trinajstić information content (AvgIpc) is 2.55. The second-order valence-electron chi connectivity index (χ2n) is 6.40. The number of rotatable bonds is 5. The Balaban J connectivity index is 1.80. The lowest BCUT2D eigenvalue weighted by Crippen LogP contribution is -2.27. The van der Waals surface area contributed by atoms with Gasteiger partial charge in [-0.05, 0) is 44.9 Å². The van der Waals surface area contributed by atoms with Crippen molar-refractivity contribution in [2.45, 2.75) is 32.8 Å². The third kappa shape index (κ3) is 6.47. The minimum absolute atomic E-state index is 0.290. The molecule has 2 rings (SSSR count). The summed E-state index contributed by atoms with van der Waals surface area (Å²) < 4.78 is 5.21. The van der Waals surface area contributed by atoms with Gasteiger partial charge >= 0.3 is 6.09 Å². The number of ether oxygens (including phenoxy) is 1. The zero-order valence-electron chi connectivity index (χ0n) is 14.5. The van der Waals surface area contributed by atoms with Crippen molar-refractivity contribution in [3.8, 4) is 6.07 Å². The Morgan fingerprint density at radius 2 is 1.92 bits per heavy atom. The van der Waals surface area contributed by atoms with Gasteiger partial charge in [-0.15, -0.1) is 0 Å². The molecule has 0 radical (unpaired) electrons. The first-order chi connectivity index (χ1) is 11.9. The SMILES string of the molecule is CC(C)(C)OC(=O)Nc1ccc(CCNc2cnc(C#N)cn2)cc1. The molecule has 0 fully saturated rings. The maximum atomic E-state index is 11.7. The molecule has 1 aromatic carbocycles. The molecule has 2 N–H and O–H groups in total. The lowest BCUT2D eigenvalue weighted by Gasteiger charge is -2.19. The molecule has 0 unspecified atom stereocenters. The van der Waals surface area contributed by atoms with Crippen molar-refractivity contribution in [1.29, 1.82) is 5.26 Å². The van der Waals surface area contributed by atoms with E-state index >= 15 is 0 Å². The molecule has 0 bridgehead atoms. The number of nitrogens with zero attached hydrogens (tertiary/aromatic N) is 3. The molecule has 1 heterocycles. The van der Waals surface area contributed by atoms with E-state index in [9.17, 15) is 4.79 Å². The second-order valence-corrected chi connectivity index (χ2v) is 6.40. The Morgan fingerprint density at radius 1 is 1.20 bits per heavy atom. The number of aromatic nitrogens is 2. The van der Waals surface area contributed by atoms with Gasteiger partial charge in [0.1, 0.15) is 17.5 Å². The Labute approximate surface area is 147 Å². The molecule has 0 aliphatic carbocycles. The Kier molecular flexibility index (Phi) is 5.90. The van der Waals surface area contributed by atoms with Crippen LogP contribution >= 0.6 is 0 Å². The number of hydrogen-bond acceptors (Lipinski definition) is 6. The number of amides is 1. The van der Waals surface area contributed by atoms with Gasteiger partial charge in [0.15, 0.2) is 5.69 Å². The molecule has 1 amide bonds. The number of nitriles is 1. The maximum Gasteiger partial charge on any atom is 0.412 e. The van der Waals surface area contributed by atoms with Crippen molar-refractivity contribution in [2.75, 3.05) is 17.2 Å². The van der Waals surface area contributed by atoms with Gasteiger partial charge in [-0.3, -0.25) is 5.32 Å². The fourth-order valence-electron chi connectivity index (χ4n) is 1.99. The van der Waals surface area contributed by atoms with Crippen molar-refractivity contribution in [1.82, 2.24) is 9.97 Å². The lowest BCUT2D eigenvalue weighted by atomic mass is 10.1. The molecular formula is C18H21N5O2. The fraction of sp³-hybridized carbons (Fsp3) is 0.333. The highest BCUT2D eigenvalue weighted by Crippen LogP contribution is 2.13. The summed E-state index contributed by atoms with van der Waals surface area (Å²) in [7, 11) is 0. The standard InChI is InChI=1S/C18H21N5O2/c1-18(2,3)25-17(24)23-14-6-4-13(5-7-14)8-9-20-16-12-21-15(10-19)11-22-16/h4-7,11-12H,8-9H2,1-3H3,(H,20,22)(H,23,24). The van der Waals surface area contributed by atoms with E-state index in [4.69, 9.17) is 10.00 Å². The molecule has 2 aromatic rings. The largest absolute Gasteiger partial charge is 0.444 e. The van der Waals surface area contributed by atoms with Gasteiger partial charge in [-0.1, -0.05) is 12.1 Å². The predicted molar refractivity (Wildman–Crippen MR) is 95.2 cm³/mol. The minimum atomic E-state index is -0.524. The van der Waals surface area contributed by atoms with E-state index < -0.39 is 11.7 Å². The summed E-state index contributed by atoms with van der Waals surface area (Å²) in [5.74, 6) is 0.627. The normalized spacial score (nSPS) is 10.6. The molecule has 0 atom stereocenters. The molecule has 0 spiro atoms. The summed E-state index contributed by atoms with van der Waals surface area (Å²) in [5.41, 5.74) is 1.57. The first-order valence-electron chi connectivity index (χ1n) is 7.91. The van der Waals surface area contributed by atoms with Crippen LogP contribution in [0.5, 0.6) is 0 Å². The van der Waals surface area contributed by atoms with E-state index in [0.717, 1.165) is 12.0 Å². The van der Waals surface area contributed by atoms with Crippen LogP contribution in [0.15, 0.2) is 36.7 Å². The zero-order chi connectivity index (χ0) is 18.3. The van der Waals surface area contributed by atoms with Crippen LogP contribution in [-0.4, -0.2) is 28.2 Å². The van der Waals surface area contributed by atoms with Gasteiger partial charge in [0.25, 0.3) is 0 Å². The summed E-state index contributed by atoms with van der Waals surface area (Å²) >= 11 is 0. The van der Waals surface area contributed by atoms with E-state index in [2.05, 4.69) is 20.6 Å². The monoisotopic (exact) mass is 339 g/mol. The fourth-order valence-corrected chi connectivity index (χ4v) is 1.99. The van der Waals surface area contributed by atoms with E-state index in [1.807, 2.05) is 51.1 Å². The topological polar surface area (TPSA) is 99.9 Å². The average molecular weight is 339 g/mol. The summed E-state index contributed by atoms with van der Waals surface area (Å²) in [6, 6.07) is 9.48. The van der Waals surface area contributed by atoms with Crippen molar-refractivity contribution in [2.24, 2.45) is 0 Å². The van der Waals surface area contributed by atoms with E-state index in [1.54, 1.807) is 0 Å². The summed E-state index contributed by atoms with van der Waals surface area (Å²) in [4.78, 5) is 19.8. The maximum absolute atomic E-state index is 11.7. The van der Waals surface area contributed by atoms with Crippen LogP contribution in [0.1, 0.15) is 32.0 Å². The van der Waals surface area contributed by atoms with Crippen LogP contribution in [-0.2, 0) is 11.2 Å². The van der Waals surface area contributed by atoms with Gasteiger partial charge < -0.3 is 10.1 Å². The first-order valence-corrected chi connectivity index (χ1v) is 7.91.